The number of hydrogen-bond acceptors (Lipinski definition) is 1. The summed E-state index contributed by atoms with van der Waals surface area (Å²) in [5, 5.41) is 0. The number of nitrogens with two attached hydrogens (primary N) is 1. The van der Waals surface area contributed by atoms with E-state index in [1.54, 1.807) is 0 Å². The van der Waals surface area contributed by atoms with Gasteiger partial charge < -0.3 is 5.73 Å². The Labute approximate surface area is 108 Å². The van der Waals surface area contributed by atoms with Crippen LogP contribution in [0.25, 0.3) is 0 Å². The van der Waals surface area contributed by atoms with Gasteiger partial charge in [0.25, 0.3) is 0 Å². The summed E-state index contributed by atoms with van der Waals surface area (Å²) in [5.41, 5.74) is 4.60. The number of benzene rings is 1. The van der Waals surface area contributed by atoms with Crippen molar-refractivity contribution in [1.29, 1.82) is 0 Å². The van der Waals surface area contributed by atoms with Crippen LogP contribution in [0, 0.1) is 0 Å². The van der Waals surface area contributed by atoms with Gasteiger partial charge in [0.1, 0.15) is 5.84 Å². The van der Waals surface area contributed by atoms with E-state index in [0.29, 0.717) is 11.3 Å². The molecule has 6 heteroatoms. The molecule has 0 heterocycles. The second-order valence-corrected chi connectivity index (χ2v) is 4.63. The summed E-state index contributed by atoms with van der Waals surface area (Å²) in [6.07, 6.45) is -3.88. The molecule has 0 amide bonds. The quantitative estimate of drug-likeness (QED) is 0.512. The third-order valence-electron chi connectivity index (χ3n) is 3.12. The Bertz CT molecular complexity index is 461. The van der Waals surface area contributed by atoms with Crippen LogP contribution in [0.1, 0.15) is 18.4 Å². The number of nitrogens with zero attached hydrogens (tertiary/aromatic N) is 1. The van der Waals surface area contributed by atoms with E-state index < -0.39 is 11.6 Å². The number of alkyl halides is 4. The van der Waals surface area contributed by atoms with Gasteiger partial charge in [0.15, 0.2) is 0 Å². The highest BCUT2D eigenvalue weighted by Gasteiger charge is 2.64. The Hall–Kier alpha value is -1.23. The van der Waals surface area contributed by atoms with Crippen LogP contribution in [-0.4, -0.2) is 17.9 Å². The van der Waals surface area contributed by atoms with Crippen molar-refractivity contribution in [3.05, 3.63) is 29.8 Å². The van der Waals surface area contributed by atoms with Gasteiger partial charge in [-0.3, -0.25) is 0 Å². The standard InChI is InChI=1S/C12H12ClF3N2/c13-7-10(17)18-9-3-1-8(2-4-9)11(5-6-11)12(14,15)16/h1-4H,5-7H2,(H2,17,18). The van der Waals surface area contributed by atoms with Gasteiger partial charge in [-0.1, -0.05) is 12.1 Å². The van der Waals surface area contributed by atoms with E-state index in [1.807, 2.05) is 0 Å². The number of hydrogen-bond donors (Lipinski definition) is 1. The summed E-state index contributed by atoms with van der Waals surface area (Å²) in [5.74, 6) is 0.329. The van der Waals surface area contributed by atoms with Crippen LogP contribution in [-0.2, 0) is 5.41 Å². The van der Waals surface area contributed by atoms with E-state index >= 15 is 0 Å². The molecule has 2 N–H and O–H groups in total. The molecule has 0 saturated heterocycles. The maximum absolute atomic E-state index is 12.9. The average molecular weight is 277 g/mol. The topological polar surface area (TPSA) is 38.4 Å². The van der Waals surface area contributed by atoms with Crippen LogP contribution >= 0.6 is 11.6 Å². The number of amidine groups is 1. The normalized spacial score (nSPS) is 18.8. The lowest BCUT2D eigenvalue weighted by Crippen LogP contribution is -2.28. The van der Waals surface area contributed by atoms with Crippen LogP contribution in [0.5, 0.6) is 0 Å². The van der Waals surface area contributed by atoms with Crippen molar-refractivity contribution in [2.75, 3.05) is 5.88 Å². The fourth-order valence-electron chi connectivity index (χ4n) is 1.91. The highest BCUT2D eigenvalue weighted by atomic mass is 35.5. The van der Waals surface area contributed by atoms with Crippen molar-refractivity contribution in [2.24, 2.45) is 10.7 Å². The maximum atomic E-state index is 12.9. The van der Waals surface area contributed by atoms with Gasteiger partial charge in [-0.2, -0.15) is 13.2 Å². The van der Waals surface area contributed by atoms with Crippen molar-refractivity contribution in [2.45, 2.75) is 24.4 Å². The molecule has 18 heavy (non-hydrogen) atoms. The minimum Gasteiger partial charge on any atom is -0.386 e. The van der Waals surface area contributed by atoms with E-state index in [-0.39, 0.29) is 24.6 Å². The first-order valence-corrected chi connectivity index (χ1v) is 5.99. The molecule has 1 aliphatic carbocycles. The number of halogens is 4. The fourth-order valence-corrected chi connectivity index (χ4v) is 1.97. The molecule has 2 nitrogen and oxygen atoms in total. The summed E-state index contributed by atoms with van der Waals surface area (Å²) < 4.78 is 38.6. The zero-order valence-corrected chi connectivity index (χ0v) is 10.2. The molecule has 0 bridgehead atoms. The van der Waals surface area contributed by atoms with Crippen LogP contribution in [0.3, 0.4) is 0 Å². The van der Waals surface area contributed by atoms with Crippen LogP contribution in [0.15, 0.2) is 29.3 Å². The van der Waals surface area contributed by atoms with Gasteiger partial charge >= 0.3 is 6.18 Å². The third kappa shape index (κ3) is 2.32. The number of rotatable bonds is 3. The van der Waals surface area contributed by atoms with Crippen molar-refractivity contribution in [3.63, 3.8) is 0 Å². The Balaban J connectivity index is 2.24. The molecule has 1 saturated carbocycles. The molecule has 2 rings (SSSR count). The molecule has 0 unspecified atom stereocenters. The molecule has 1 aromatic carbocycles. The van der Waals surface area contributed by atoms with Gasteiger partial charge in [-0.25, -0.2) is 4.99 Å². The average Bonchev–Trinajstić information content (AvgIpc) is 3.10. The number of aliphatic imine (C=N–C) groups is 1. The summed E-state index contributed by atoms with van der Waals surface area (Å²) in [6, 6.07) is 5.97. The molecule has 1 aliphatic rings. The first kappa shape index (κ1) is 13.2. The smallest absolute Gasteiger partial charge is 0.386 e. The summed E-state index contributed by atoms with van der Waals surface area (Å²) in [7, 11) is 0. The predicted molar refractivity (Wildman–Crippen MR) is 65.4 cm³/mol. The predicted octanol–water partition coefficient (Wildman–Crippen LogP) is 3.51. The zero-order chi connectivity index (χ0) is 13.4. The second-order valence-electron chi connectivity index (χ2n) is 4.36. The minimum absolute atomic E-state index is 0.0915. The molecular weight excluding hydrogens is 265 g/mol. The van der Waals surface area contributed by atoms with Gasteiger partial charge in [0.2, 0.25) is 0 Å². The van der Waals surface area contributed by atoms with E-state index in [9.17, 15) is 13.2 Å². The van der Waals surface area contributed by atoms with E-state index in [2.05, 4.69) is 4.99 Å². The fraction of sp³-hybridized carbons (Fsp3) is 0.417. The highest BCUT2D eigenvalue weighted by molar-refractivity contribution is 6.28. The first-order valence-electron chi connectivity index (χ1n) is 5.45. The van der Waals surface area contributed by atoms with Gasteiger partial charge in [0.05, 0.1) is 17.0 Å². The largest absolute Gasteiger partial charge is 0.398 e. The Morgan fingerprint density at radius 2 is 1.83 bits per heavy atom. The maximum Gasteiger partial charge on any atom is 0.398 e. The minimum atomic E-state index is -4.19. The summed E-state index contributed by atoms with van der Waals surface area (Å²) in [6.45, 7) is 0. The Kier molecular flexibility index (Phi) is 3.27. The van der Waals surface area contributed by atoms with E-state index in [0.717, 1.165) is 0 Å². The molecular formula is C12H12ClF3N2. The molecule has 0 spiro atoms. The third-order valence-corrected chi connectivity index (χ3v) is 3.40. The van der Waals surface area contributed by atoms with Crippen molar-refractivity contribution < 1.29 is 13.2 Å². The molecule has 0 aliphatic heterocycles. The summed E-state index contributed by atoms with van der Waals surface area (Å²) >= 11 is 5.47. The molecule has 1 fully saturated rings. The van der Waals surface area contributed by atoms with E-state index in [4.69, 9.17) is 17.3 Å². The second kappa shape index (κ2) is 4.46. The van der Waals surface area contributed by atoms with Crippen LogP contribution in [0.2, 0.25) is 0 Å². The molecule has 0 atom stereocenters. The summed E-state index contributed by atoms with van der Waals surface area (Å²) in [4.78, 5) is 3.96. The molecule has 1 aromatic rings. The Morgan fingerprint density at radius 3 is 2.22 bits per heavy atom. The van der Waals surface area contributed by atoms with Crippen molar-refractivity contribution in [3.8, 4) is 0 Å². The van der Waals surface area contributed by atoms with Crippen molar-refractivity contribution >= 4 is 23.1 Å². The monoisotopic (exact) mass is 276 g/mol. The lowest BCUT2D eigenvalue weighted by Gasteiger charge is -2.19. The van der Waals surface area contributed by atoms with Crippen LogP contribution in [0.4, 0.5) is 18.9 Å². The molecule has 98 valence electrons. The molecule has 0 radical (unpaired) electrons. The van der Waals surface area contributed by atoms with Gasteiger partial charge in [0, 0.05) is 0 Å². The zero-order valence-electron chi connectivity index (χ0n) is 9.47. The lowest BCUT2D eigenvalue weighted by atomic mass is 9.95. The van der Waals surface area contributed by atoms with Crippen LogP contribution < -0.4 is 5.73 Å². The Morgan fingerprint density at radius 1 is 1.28 bits per heavy atom. The van der Waals surface area contributed by atoms with Crippen molar-refractivity contribution in [1.82, 2.24) is 0 Å². The first-order chi connectivity index (χ1) is 8.39. The highest BCUT2D eigenvalue weighted by Crippen LogP contribution is 2.58. The van der Waals surface area contributed by atoms with Gasteiger partial charge in [-0.15, -0.1) is 11.6 Å². The van der Waals surface area contributed by atoms with Gasteiger partial charge in [-0.05, 0) is 30.5 Å². The SMILES string of the molecule is NC(CCl)=Nc1ccc(C2(C(F)(F)F)CC2)cc1. The molecule has 0 aromatic heterocycles. The van der Waals surface area contributed by atoms with E-state index in [1.165, 1.54) is 24.3 Å². The lowest BCUT2D eigenvalue weighted by molar-refractivity contribution is -0.160.